The third-order valence-electron chi connectivity index (χ3n) is 2.28. The van der Waals surface area contributed by atoms with Gasteiger partial charge in [0.05, 0.1) is 18.5 Å². The molecule has 0 spiro atoms. The second-order valence-electron chi connectivity index (χ2n) is 3.51. The van der Waals surface area contributed by atoms with Crippen LogP contribution in [0.15, 0.2) is 10.6 Å². The Hall–Kier alpha value is -1.52. The third-order valence-corrected chi connectivity index (χ3v) is 2.28. The minimum absolute atomic E-state index is 0.106. The molecule has 76 valence electrons. The largest absolute Gasteiger partial charge is 0.428 e. The summed E-state index contributed by atoms with van der Waals surface area (Å²) in [4.78, 5) is 6.27. The number of nitrogens with two attached hydrogens (primary N) is 1. The lowest BCUT2D eigenvalue weighted by Crippen LogP contribution is -2.17. The average Bonchev–Trinajstić information content (AvgIpc) is 2.69. The van der Waals surface area contributed by atoms with Gasteiger partial charge in [0.25, 0.3) is 6.01 Å². The van der Waals surface area contributed by atoms with E-state index in [9.17, 15) is 0 Å². The number of anilines is 1. The fraction of sp³-hybridized carbons (Fsp3) is 0.556. The maximum atomic E-state index is 7.13. The molecule has 2 heterocycles. The second-order valence-corrected chi connectivity index (χ2v) is 3.51. The molecule has 1 aliphatic rings. The first-order chi connectivity index (χ1) is 6.75. The fourth-order valence-electron chi connectivity index (χ4n) is 1.62. The molecular formula is C9H14N4O. The highest BCUT2D eigenvalue weighted by atomic mass is 16.4. The van der Waals surface area contributed by atoms with Gasteiger partial charge in [-0.15, -0.1) is 0 Å². The van der Waals surface area contributed by atoms with E-state index in [1.54, 1.807) is 6.20 Å². The van der Waals surface area contributed by atoms with Crippen molar-refractivity contribution >= 4 is 11.9 Å². The number of rotatable bonds is 3. The van der Waals surface area contributed by atoms with E-state index in [-0.39, 0.29) is 5.84 Å². The fourth-order valence-corrected chi connectivity index (χ4v) is 1.62. The average molecular weight is 194 g/mol. The Kier molecular flexibility index (Phi) is 2.39. The molecule has 1 fully saturated rings. The molecule has 1 saturated heterocycles. The summed E-state index contributed by atoms with van der Waals surface area (Å²) in [7, 11) is 0. The minimum Gasteiger partial charge on any atom is -0.428 e. The van der Waals surface area contributed by atoms with Crippen LogP contribution in [0.5, 0.6) is 0 Å². The van der Waals surface area contributed by atoms with E-state index in [0.717, 1.165) is 13.1 Å². The van der Waals surface area contributed by atoms with Crippen LogP contribution >= 0.6 is 0 Å². The van der Waals surface area contributed by atoms with Crippen LogP contribution < -0.4 is 10.6 Å². The van der Waals surface area contributed by atoms with Crippen molar-refractivity contribution in [2.24, 2.45) is 5.73 Å². The number of amidine groups is 1. The quantitative estimate of drug-likeness (QED) is 0.549. The standard InChI is InChI=1S/C9H14N4O/c10-8(11)5-7-6-12-9(14-7)13-3-1-2-4-13/h6H,1-5H2,(H3,10,11). The monoisotopic (exact) mass is 194 g/mol. The SMILES string of the molecule is N=C(N)Cc1cnc(N2CCCC2)o1. The van der Waals surface area contributed by atoms with Gasteiger partial charge in [-0.25, -0.2) is 4.98 Å². The van der Waals surface area contributed by atoms with Gasteiger partial charge in [-0.3, -0.25) is 5.41 Å². The normalized spacial score (nSPS) is 16.1. The summed E-state index contributed by atoms with van der Waals surface area (Å²) >= 11 is 0. The molecule has 0 radical (unpaired) electrons. The van der Waals surface area contributed by atoms with Crippen LogP contribution in [-0.4, -0.2) is 23.9 Å². The molecule has 14 heavy (non-hydrogen) atoms. The van der Waals surface area contributed by atoms with Crippen LogP contribution in [0, 0.1) is 5.41 Å². The summed E-state index contributed by atoms with van der Waals surface area (Å²) < 4.78 is 5.47. The maximum Gasteiger partial charge on any atom is 0.297 e. The van der Waals surface area contributed by atoms with E-state index in [4.69, 9.17) is 15.6 Å². The van der Waals surface area contributed by atoms with Crippen LogP contribution in [0.1, 0.15) is 18.6 Å². The molecule has 2 rings (SSSR count). The van der Waals surface area contributed by atoms with E-state index in [1.807, 2.05) is 0 Å². The summed E-state index contributed by atoms with van der Waals surface area (Å²) in [6.45, 7) is 2.03. The van der Waals surface area contributed by atoms with E-state index in [0.29, 0.717) is 18.2 Å². The number of hydrogen-bond acceptors (Lipinski definition) is 4. The van der Waals surface area contributed by atoms with Gasteiger partial charge in [0.2, 0.25) is 0 Å². The van der Waals surface area contributed by atoms with Crippen molar-refractivity contribution in [3.05, 3.63) is 12.0 Å². The molecule has 0 atom stereocenters. The Bertz CT molecular complexity index is 327. The zero-order valence-corrected chi connectivity index (χ0v) is 7.99. The highest BCUT2D eigenvalue weighted by Crippen LogP contribution is 2.19. The molecule has 5 nitrogen and oxygen atoms in total. The molecule has 0 amide bonds. The van der Waals surface area contributed by atoms with Gasteiger partial charge in [0.1, 0.15) is 5.76 Å². The van der Waals surface area contributed by atoms with E-state index in [2.05, 4.69) is 9.88 Å². The Labute approximate surface area is 82.4 Å². The Morgan fingerprint density at radius 3 is 2.93 bits per heavy atom. The van der Waals surface area contributed by atoms with Crippen molar-refractivity contribution in [3.8, 4) is 0 Å². The van der Waals surface area contributed by atoms with Gasteiger partial charge in [0, 0.05) is 13.1 Å². The molecule has 0 aliphatic carbocycles. The third kappa shape index (κ3) is 1.86. The zero-order valence-electron chi connectivity index (χ0n) is 7.99. The smallest absolute Gasteiger partial charge is 0.297 e. The predicted octanol–water partition coefficient (Wildman–Crippen LogP) is 0.753. The number of nitrogens with zero attached hydrogens (tertiary/aromatic N) is 2. The molecule has 0 unspecified atom stereocenters. The first kappa shape index (κ1) is 9.05. The Morgan fingerprint density at radius 2 is 2.29 bits per heavy atom. The van der Waals surface area contributed by atoms with Gasteiger partial charge >= 0.3 is 0 Å². The first-order valence-electron chi connectivity index (χ1n) is 4.78. The molecule has 0 bridgehead atoms. The Morgan fingerprint density at radius 1 is 1.57 bits per heavy atom. The van der Waals surface area contributed by atoms with Crippen molar-refractivity contribution in [1.29, 1.82) is 5.41 Å². The van der Waals surface area contributed by atoms with Crippen LogP contribution in [-0.2, 0) is 6.42 Å². The van der Waals surface area contributed by atoms with Gasteiger partial charge in [-0.05, 0) is 12.8 Å². The summed E-state index contributed by atoms with van der Waals surface area (Å²) in [6.07, 6.45) is 4.39. The highest BCUT2D eigenvalue weighted by molar-refractivity contribution is 5.78. The molecule has 1 aliphatic heterocycles. The first-order valence-corrected chi connectivity index (χ1v) is 4.78. The zero-order chi connectivity index (χ0) is 9.97. The lowest BCUT2D eigenvalue weighted by Gasteiger charge is -2.10. The topological polar surface area (TPSA) is 79.1 Å². The van der Waals surface area contributed by atoms with Crippen molar-refractivity contribution in [2.75, 3.05) is 18.0 Å². The van der Waals surface area contributed by atoms with Crippen LogP contribution in [0.2, 0.25) is 0 Å². The minimum atomic E-state index is 0.106. The van der Waals surface area contributed by atoms with E-state index < -0.39 is 0 Å². The number of oxazole rings is 1. The van der Waals surface area contributed by atoms with Crippen LogP contribution in [0.4, 0.5) is 6.01 Å². The van der Waals surface area contributed by atoms with Crippen molar-refractivity contribution < 1.29 is 4.42 Å². The molecule has 3 N–H and O–H groups in total. The summed E-state index contributed by atoms with van der Waals surface area (Å²) in [5.41, 5.74) is 5.27. The number of aromatic nitrogens is 1. The second kappa shape index (κ2) is 3.69. The lowest BCUT2D eigenvalue weighted by molar-refractivity contribution is 0.513. The molecular weight excluding hydrogens is 180 g/mol. The van der Waals surface area contributed by atoms with Crippen molar-refractivity contribution in [2.45, 2.75) is 19.3 Å². The highest BCUT2D eigenvalue weighted by Gasteiger charge is 2.17. The lowest BCUT2D eigenvalue weighted by atomic mass is 10.3. The van der Waals surface area contributed by atoms with Gasteiger partial charge in [-0.1, -0.05) is 0 Å². The predicted molar refractivity (Wildman–Crippen MR) is 53.6 cm³/mol. The van der Waals surface area contributed by atoms with Crippen molar-refractivity contribution in [1.82, 2.24) is 4.98 Å². The number of hydrogen-bond donors (Lipinski definition) is 2. The van der Waals surface area contributed by atoms with E-state index >= 15 is 0 Å². The maximum absolute atomic E-state index is 7.13. The molecule has 1 aromatic rings. The number of nitrogens with one attached hydrogen (secondary N) is 1. The van der Waals surface area contributed by atoms with Gasteiger partial charge < -0.3 is 15.1 Å². The van der Waals surface area contributed by atoms with Gasteiger partial charge in [0.15, 0.2) is 0 Å². The van der Waals surface area contributed by atoms with E-state index in [1.165, 1.54) is 12.8 Å². The summed E-state index contributed by atoms with van der Waals surface area (Å²) in [6, 6.07) is 0.666. The molecule has 0 aromatic carbocycles. The molecule has 0 saturated carbocycles. The van der Waals surface area contributed by atoms with Gasteiger partial charge in [-0.2, -0.15) is 0 Å². The Balaban J connectivity index is 2.05. The molecule has 5 heteroatoms. The van der Waals surface area contributed by atoms with Crippen LogP contribution in [0.25, 0.3) is 0 Å². The summed E-state index contributed by atoms with van der Waals surface area (Å²) in [5.74, 6) is 0.772. The molecule has 1 aromatic heterocycles. The summed E-state index contributed by atoms with van der Waals surface area (Å²) in [5, 5.41) is 7.13. The van der Waals surface area contributed by atoms with Crippen molar-refractivity contribution in [3.63, 3.8) is 0 Å². The van der Waals surface area contributed by atoms with Crippen LogP contribution in [0.3, 0.4) is 0 Å².